The second-order valence-corrected chi connectivity index (χ2v) is 5.55. The van der Waals surface area contributed by atoms with E-state index in [9.17, 15) is 9.59 Å². The van der Waals surface area contributed by atoms with Crippen molar-refractivity contribution in [3.63, 3.8) is 0 Å². The SMILES string of the molecule is CC(C)(CC(=O)O)Nc1cc(Br)ccc1C(N)=O. The summed E-state index contributed by atoms with van der Waals surface area (Å²) in [5.41, 5.74) is 5.44. The van der Waals surface area contributed by atoms with Gasteiger partial charge in [0.25, 0.3) is 5.91 Å². The average molecular weight is 315 g/mol. The van der Waals surface area contributed by atoms with E-state index in [-0.39, 0.29) is 6.42 Å². The van der Waals surface area contributed by atoms with Crippen molar-refractivity contribution < 1.29 is 14.7 Å². The number of carbonyl (C=O) groups is 2. The van der Waals surface area contributed by atoms with Crippen molar-refractivity contribution in [2.24, 2.45) is 5.73 Å². The molecule has 0 saturated heterocycles. The van der Waals surface area contributed by atoms with Crippen LogP contribution in [-0.2, 0) is 4.79 Å². The molecule has 0 aliphatic carbocycles. The van der Waals surface area contributed by atoms with Crippen LogP contribution in [0.1, 0.15) is 30.6 Å². The summed E-state index contributed by atoms with van der Waals surface area (Å²) >= 11 is 3.30. The summed E-state index contributed by atoms with van der Waals surface area (Å²) in [4.78, 5) is 22.0. The third-order valence-corrected chi connectivity index (χ3v) is 2.81. The molecule has 0 aromatic heterocycles. The molecule has 0 radical (unpaired) electrons. The third kappa shape index (κ3) is 4.03. The zero-order valence-corrected chi connectivity index (χ0v) is 11.7. The second kappa shape index (κ2) is 5.39. The lowest BCUT2D eigenvalue weighted by Crippen LogP contribution is -2.34. The van der Waals surface area contributed by atoms with E-state index in [1.54, 1.807) is 32.0 Å². The number of carboxylic acids is 1. The number of aliphatic carboxylic acids is 1. The highest BCUT2D eigenvalue weighted by Crippen LogP contribution is 2.25. The van der Waals surface area contributed by atoms with Gasteiger partial charge in [0.15, 0.2) is 0 Å². The molecule has 0 fully saturated rings. The number of nitrogens with two attached hydrogens (primary N) is 1. The Bertz CT molecular complexity index is 486. The number of benzene rings is 1. The molecule has 1 amide bonds. The maximum absolute atomic E-state index is 11.3. The van der Waals surface area contributed by atoms with Gasteiger partial charge < -0.3 is 16.2 Å². The lowest BCUT2D eigenvalue weighted by Gasteiger charge is -2.26. The zero-order chi connectivity index (χ0) is 13.9. The summed E-state index contributed by atoms with van der Waals surface area (Å²) in [7, 11) is 0. The quantitative estimate of drug-likeness (QED) is 0.777. The van der Waals surface area contributed by atoms with Crippen LogP contribution in [0.15, 0.2) is 22.7 Å². The largest absolute Gasteiger partial charge is 0.481 e. The monoisotopic (exact) mass is 314 g/mol. The van der Waals surface area contributed by atoms with Gasteiger partial charge in [-0.15, -0.1) is 0 Å². The number of carbonyl (C=O) groups excluding carboxylic acids is 1. The molecule has 0 bridgehead atoms. The van der Waals surface area contributed by atoms with Crippen molar-refractivity contribution >= 4 is 33.5 Å². The zero-order valence-electron chi connectivity index (χ0n) is 10.2. The molecule has 0 unspecified atom stereocenters. The Kier molecular flexibility index (Phi) is 4.34. The Hall–Kier alpha value is -1.56. The maximum atomic E-state index is 11.3. The Morgan fingerprint density at radius 1 is 1.44 bits per heavy atom. The molecule has 18 heavy (non-hydrogen) atoms. The predicted octanol–water partition coefficient (Wildman–Crippen LogP) is 2.21. The van der Waals surface area contributed by atoms with Crippen LogP contribution in [0.4, 0.5) is 5.69 Å². The first-order valence-corrected chi connectivity index (χ1v) is 6.10. The molecule has 6 heteroatoms. The van der Waals surface area contributed by atoms with Crippen molar-refractivity contribution in [2.45, 2.75) is 25.8 Å². The van der Waals surface area contributed by atoms with Crippen molar-refractivity contribution in [3.05, 3.63) is 28.2 Å². The van der Waals surface area contributed by atoms with E-state index in [1.165, 1.54) is 0 Å². The van der Waals surface area contributed by atoms with Gasteiger partial charge in [0.05, 0.1) is 12.0 Å². The number of carboxylic acid groups (broad SMARTS) is 1. The number of hydrogen-bond acceptors (Lipinski definition) is 3. The lowest BCUT2D eigenvalue weighted by atomic mass is 9.99. The Morgan fingerprint density at radius 2 is 2.06 bits per heavy atom. The Balaban J connectivity index is 3.05. The van der Waals surface area contributed by atoms with Gasteiger partial charge in [-0.25, -0.2) is 0 Å². The van der Waals surface area contributed by atoms with Crippen LogP contribution in [0.2, 0.25) is 0 Å². The standard InChI is InChI=1S/C12H15BrN2O3/c1-12(2,6-10(16)17)15-9-5-7(13)3-4-8(9)11(14)18/h3-5,15H,6H2,1-2H3,(H2,14,18)(H,16,17). The van der Waals surface area contributed by atoms with E-state index in [1.807, 2.05) is 0 Å². The molecule has 0 spiro atoms. The molecule has 0 aliphatic rings. The summed E-state index contributed by atoms with van der Waals surface area (Å²) in [5, 5.41) is 11.8. The van der Waals surface area contributed by atoms with Gasteiger partial charge in [-0.2, -0.15) is 0 Å². The van der Waals surface area contributed by atoms with E-state index in [0.29, 0.717) is 11.3 Å². The highest BCUT2D eigenvalue weighted by molar-refractivity contribution is 9.10. The minimum atomic E-state index is -0.914. The summed E-state index contributed by atoms with van der Waals surface area (Å²) < 4.78 is 0.779. The van der Waals surface area contributed by atoms with Crippen LogP contribution >= 0.6 is 15.9 Å². The van der Waals surface area contributed by atoms with Gasteiger partial charge in [0.2, 0.25) is 0 Å². The van der Waals surface area contributed by atoms with Gasteiger partial charge in [-0.3, -0.25) is 9.59 Å². The minimum absolute atomic E-state index is 0.0717. The number of rotatable bonds is 5. The van der Waals surface area contributed by atoms with Gasteiger partial charge in [0, 0.05) is 15.7 Å². The van der Waals surface area contributed by atoms with E-state index in [0.717, 1.165) is 4.47 Å². The van der Waals surface area contributed by atoms with Crippen LogP contribution < -0.4 is 11.1 Å². The van der Waals surface area contributed by atoms with Crippen molar-refractivity contribution in [2.75, 3.05) is 5.32 Å². The van der Waals surface area contributed by atoms with Crippen LogP contribution in [0.5, 0.6) is 0 Å². The van der Waals surface area contributed by atoms with E-state index < -0.39 is 17.4 Å². The van der Waals surface area contributed by atoms with Crippen molar-refractivity contribution in [1.82, 2.24) is 0 Å². The summed E-state index contributed by atoms with van der Waals surface area (Å²) in [6.45, 7) is 3.49. The molecule has 98 valence electrons. The highest BCUT2D eigenvalue weighted by Gasteiger charge is 2.23. The summed E-state index contributed by atoms with van der Waals surface area (Å²) in [5.74, 6) is -1.47. The smallest absolute Gasteiger partial charge is 0.305 e. The minimum Gasteiger partial charge on any atom is -0.481 e. The molecule has 4 N–H and O–H groups in total. The van der Waals surface area contributed by atoms with E-state index >= 15 is 0 Å². The molecular weight excluding hydrogens is 300 g/mol. The summed E-state index contributed by atoms with van der Waals surface area (Å²) in [6, 6.07) is 4.99. The van der Waals surface area contributed by atoms with Crippen LogP contribution in [0.25, 0.3) is 0 Å². The first kappa shape index (κ1) is 14.5. The number of nitrogens with one attached hydrogen (secondary N) is 1. The summed E-state index contributed by atoms with van der Waals surface area (Å²) in [6.07, 6.45) is -0.0717. The Labute approximate surface area is 113 Å². The van der Waals surface area contributed by atoms with Crippen molar-refractivity contribution in [1.29, 1.82) is 0 Å². The van der Waals surface area contributed by atoms with Gasteiger partial charge in [0.1, 0.15) is 0 Å². The molecule has 0 aliphatic heterocycles. The topological polar surface area (TPSA) is 92.4 Å². The van der Waals surface area contributed by atoms with Crippen LogP contribution in [0.3, 0.4) is 0 Å². The number of halogens is 1. The van der Waals surface area contributed by atoms with Gasteiger partial charge in [-0.05, 0) is 32.0 Å². The molecule has 1 rings (SSSR count). The van der Waals surface area contributed by atoms with Crippen LogP contribution in [-0.4, -0.2) is 22.5 Å². The fourth-order valence-corrected chi connectivity index (χ4v) is 1.98. The fourth-order valence-electron chi connectivity index (χ4n) is 1.62. The normalized spacial score (nSPS) is 11.1. The molecule has 0 atom stereocenters. The van der Waals surface area contributed by atoms with Crippen molar-refractivity contribution in [3.8, 4) is 0 Å². The number of amides is 1. The molecule has 0 saturated carbocycles. The number of anilines is 1. The van der Waals surface area contributed by atoms with Gasteiger partial charge in [-0.1, -0.05) is 15.9 Å². The predicted molar refractivity (Wildman–Crippen MR) is 72.6 cm³/mol. The molecular formula is C12H15BrN2O3. The number of hydrogen-bond donors (Lipinski definition) is 3. The van der Waals surface area contributed by atoms with Gasteiger partial charge >= 0.3 is 5.97 Å². The Morgan fingerprint density at radius 3 is 2.56 bits per heavy atom. The third-order valence-electron chi connectivity index (χ3n) is 2.31. The maximum Gasteiger partial charge on any atom is 0.305 e. The average Bonchev–Trinajstić information content (AvgIpc) is 2.13. The van der Waals surface area contributed by atoms with E-state index in [2.05, 4.69) is 21.2 Å². The molecule has 0 heterocycles. The highest BCUT2D eigenvalue weighted by atomic mass is 79.9. The van der Waals surface area contributed by atoms with Crippen LogP contribution in [0, 0.1) is 0 Å². The molecule has 5 nitrogen and oxygen atoms in total. The van der Waals surface area contributed by atoms with E-state index in [4.69, 9.17) is 10.8 Å². The molecule has 1 aromatic rings. The fraction of sp³-hybridized carbons (Fsp3) is 0.333. The first-order chi connectivity index (χ1) is 8.21. The molecule has 1 aromatic carbocycles. The first-order valence-electron chi connectivity index (χ1n) is 5.30. The lowest BCUT2D eigenvalue weighted by molar-refractivity contribution is -0.137. The second-order valence-electron chi connectivity index (χ2n) is 4.63. The number of primary amides is 1.